The van der Waals surface area contributed by atoms with Gasteiger partial charge in [0, 0.05) is 0 Å². The van der Waals surface area contributed by atoms with E-state index in [1.54, 1.807) is 0 Å². The molecular formula is C3H3F3N4O3S. The quantitative estimate of drug-likeness (QED) is 0.675. The van der Waals surface area contributed by atoms with Crippen LogP contribution in [0, 0.1) is 0 Å². The number of halogens is 3. The molecule has 1 rings (SSSR count). The van der Waals surface area contributed by atoms with Gasteiger partial charge in [-0.3, -0.25) is 0 Å². The molecule has 1 aromatic heterocycles. The fourth-order valence-electron chi connectivity index (χ4n) is 0.466. The number of ether oxygens (including phenoxy) is 1. The van der Waals surface area contributed by atoms with Gasteiger partial charge in [0.2, 0.25) is 0 Å². The maximum absolute atomic E-state index is 11.9. The Kier molecular flexibility index (Phi) is 2.35. The highest BCUT2D eigenvalue weighted by atomic mass is 32.2. The van der Waals surface area contributed by atoms with E-state index in [1.165, 1.54) is 0 Å². The minimum absolute atomic E-state index is 0.550. The average molecular weight is 232 g/mol. The molecule has 1 heterocycles. The summed E-state index contributed by atoms with van der Waals surface area (Å²) in [7, 11) is -4.56. The average Bonchev–Trinajstić information content (AvgIpc) is 2.49. The van der Waals surface area contributed by atoms with E-state index in [2.05, 4.69) is 20.1 Å². The highest BCUT2D eigenvalue weighted by Crippen LogP contribution is 2.23. The summed E-state index contributed by atoms with van der Waals surface area (Å²) in [5.41, 5.74) is -5.47. The summed E-state index contributed by atoms with van der Waals surface area (Å²) in [6.45, 7) is 0. The molecule has 0 saturated heterocycles. The van der Waals surface area contributed by atoms with Gasteiger partial charge in [-0.2, -0.15) is 21.6 Å². The van der Waals surface area contributed by atoms with E-state index in [4.69, 9.17) is 0 Å². The molecule has 0 amide bonds. The molecule has 0 N–H and O–H groups in total. The van der Waals surface area contributed by atoms with Crippen molar-refractivity contribution < 1.29 is 26.3 Å². The zero-order valence-corrected chi connectivity index (χ0v) is 7.37. The lowest BCUT2D eigenvalue weighted by Crippen LogP contribution is -2.31. The van der Waals surface area contributed by atoms with Crippen molar-refractivity contribution in [2.75, 3.05) is 7.11 Å². The van der Waals surface area contributed by atoms with Crippen LogP contribution in [0.25, 0.3) is 0 Å². The van der Waals surface area contributed by atoms with Gasteiger partial charge < -0.3 is 4.74 Å². The summed E-state index contributed by atoms with van der Waals surface area (Å²) in [6, 6.07) is -0.571. The number of aromatic nitrogens is 4. The van der Waals surface area contributed by atoms with Gasteiger partial charge in [0.15, 0.2) is 0 Å². The van der Waals surface area contributed by atoms with Crippen molar-refractivity contribution in [3.05, 3.63) is 0 Å². The number of tetrazole rings is 1. The molecule has 0 aliphatic heterocycles. The molecule has 0 saturated carbocycles. The van der Waals surface area contributed by atoms with Crippen molar-refractivity contribution in [3.8, 4) is 6.01 Å². The van der Waals surface area contributed by atoms with Crippen LogP contribution in [-0.4, -0.2) is 40.6 Å². The molecule has 1 aromatic rings. The second kappa shape index (κ2) is 3.08. The molecule has 0 aliphatic rings. The third kappa shape index (κ3) is 1.62. The zero-order chi connectivity index (χ0) is 11.0. The molecular weight excluding hydrogens is 229 g/mol. The first kappa shape index (κ1) is 10.7. The van der Waals surface area contributed by atoms with Crippen molar-refractivity contribution in [1.82, 2.24) is 19.6 Å². The van der Waals surface area contributed by atoms with Gasteiger partial charge in [0.25, 0.3) is 0 Å². The maximum Gasteiger partial charge on any atom is 0.520 e. The predicted octanol–water partition coefficient (Wildman–Crippen LogP) is -0.621. The second-order valence-corrected chi connectivity index (χ2v) is 3.69. The minimum Gasteiger partial charge on any atom is -0.465 e. The molecule has 0 spiro atoms. The highest BCUT2D eigenvalue weighted by molar-refractivity contribution is 7.90. The third-order valence-corrected chi connectivity index (χ3v) is 2.24. The molecule has 7 nitrogen and oxygen atoms in total. The fraction of sp³-hybridized carbons (Fsp3) is 0.667. The van der Waals surface area contributed by atoms with Gasteiger partial charge >= 0.3 is 21.5 Å². The normalized spacial score (nSPS) is 12.9. The van der Waals surface area contributed by atoms with Crippen LogP contribution in [0.15, 0.2) is 0 Å². The standard InChI is InChI=1S/C3H3F3N4O3S/c1-13-2-7-9-10(8-2)14(11,12)3(4,5)6/h1H3. The van der Waals surface area contributed by atoms with Crippen molar-refractivity contribution in [2.24, 2.45) is 0 Å². The molecule has 0 atom stereocenters. The monoisotopic (exact) mass is 232 g/mol. The maximum atomic E-state index is 11.9. The fourth-order valence-corrected chi connectivity index (χ4v) is 0.961. The summed E-state index contributed by atoms with van der Waals surface area (Å²) in [6.07, 6.45) is 0. The summed E-state index contributed by atoms with van der Waals surface area (Å²) in [5, 5.41) is 8.39. The Morgan fingerprint density at radius 2 is 2.00 bits per heavy atom. The van der Waals surface area contributed by atoms with Gasteiger partial charge in [-0.15, -0.1) is 0 Å². The summed E-state index contributed by atoms with van der Waals surface area (Å²) >= 11 is 0. The largest absolute Gasteiger partial charge is 0.520 e. The Balaban J connectivity index is 3.18. The van der Waals surface area contributed by atoms with Crippen LogP contribution in [-0.2, 0) is 10.0 Å². The van der Waals surface area contributed by atoms with Crippen LogP contribution >= 0.6 is 0 Å². The van der Waals surface area contributed by atoms with Crippen LogP contribution in [0.5, 0.6) is 6.01 Å². The topological polar surface area (TPSA) is 87.0 Å². The van der Waals surface area contributed by atoms with Gasteiger partial charge in [0.1, 0.15) is 0 Å². The van der Waals surface area contributed by atoms with Crippen molar-refractivity contribution in [3.63, 3.8) is 0 Å². The van der Waals surface area contributed by atoms with Crippen LogP contribution in [0.2, 0.25) is 0 Å². The number of hydrogen-bond acceptors (Lipinski definition) is 6. The van der Waals surface area contributed by atoms with Gasteiger partial charge in [-0.05, 0) is 9.42 Å². The lowest BCUT2D eigenvalue weighted by molar-refractivity contribution is -0.0453. The Labute approximate surface area is 75.5 Å². The zero-order valence-electron chi connectivity index (χ0n) is 6.56. The summed E-state index contributed by atoms with van der Waals surface area (Å²) in [4.78, 5) is 0. The Bertz CT molecular complexity index is 423. The molecule has 0 aliphatic carbocycles. The van der Waals surface area contributed by atoms with Crippen molar-refractivity contribution in [1.29, 1.82) is 0 Å². The highest BCUT2D eigenvalue weighted by Gasteiger charge is 2.49. The third-order valence-electron chi connectivity index (χ3n) is 1.07. The molecule has 0 bridgehead atoms. The van der Waals surface area contributed by atoms with E-state index < -0.39 is 25.7 Å². The first-order valence-electron chi connectivity index (χ1n) is 2.95. The number of alkyl halides is 3. The van der Waals surface area contributed by atoms with E-state index >= 15 is 0 Å². The second-order valence-electron chi connectivity index (χ2n) is 1.95. The summed E-state index contributed by atoms with van der Waals surface area (Å²) < 4.78 is 60.5. The molecule has 0 fully saturated rings. The summed E-state index contributed by atoms with van der Waals surface area (Å²) in [5.74, 6) is 0. The Morgan fingerprint density at radius 1 is 1.43 bits per heavy atom. The smallest absolute Gasteiger partial charge is 0.465 e. The number of methoxy groups -OCH3 is 1. The van der Waals surface area contributed by atoms with Crippen LogP contribution < -0.4 is 4.74 Å². The van der Waals surface area contributed by atoms with E-state index in [0.717, 1.165) is 7.11 Å². The van der Waals surface area contributed by atoms with E-state index in [0.29, 0.717) is 0 Å². The van der Waals surface area contributed by atoms with E-state index in [9.17, 15) is 21.6 Å². The first-order chi connectivity index (χ1) is 6.29. The Hall–Kier alpha value is -1.39. The lowest BCUT2D eigenvalue weighted by atomic mass is 11.2. The molecule has 14 heavy (non-hydrogen) atoms. The predicted molar refractivity (Wildman–Crippen MR) is 34.7 cm³/mol. The van der Waals surface area contributed by atoms with Crippen LogP contribution in [0.1, 0.15) is 0 Å². The van der Waals surface area contributed by atoms with Crippen LogP contribution in [0.4, 0.5) is 13.2 Å². The van der Waals surface area contributed by atoms with Crippen LogP contribution in [0.3, 0.4) is 0 Å². The number of rotatable bonds is 2. The van der Waals surface area contributed by atoms with Crippen molar-refractivity contribution >= 4 is 10.0 Å². The lowest BCUT2D eigenvalue weighted by Gasteiger charge is -2.03. The van der Waals surface area contributed by atoms with Gasteiger partial charge in [0.05, 0.1) is 7.11 Å². The van der Waals surface area contributed by atoms with Gasteiger partial charge in [-0.1, -0.05) is 10.2 Å². The molecule has 80 valence electrons. The number of hydrogen-bond donors (Lipinski definition) is 0. The first-order valence-corrected chi connectivity index (χ1v) is 4.39. The Morgan fingerprint density at radius 3 is 2.36 bits per heavy atom. The minimum atomic E-state index is -5.61. The molecule has 11 heteroatoms. The molecule has 0 unspecified atom stereocenters. The SMILES string of the molecule is COc1nnn(S(=O)(=O)C(F)(F)F)n1. The van der Waals surface area contributed by atoms with Gasteiger partial charge in [-0.25, -0.2) is 0 Å². The number of nitrogens with zero attached hydrogens (tertiary/aromatic N) is 4. The van der Waals surface area contributed by atoms with Crippen molar-refractivity contribution in [2.45, 2.75) is 5.51 Å². The van der Waals surface area contributed by atoms with E-state index in [-0.39, 0.29) is 0 Å². The molecule has 0 radical (unpaired) electrons. The van der Waals surface area contributed by atoms with E-state index in [1.807, 2.05) is 0 Å². The molecule has 0 aromatic carbocycles.